The van der Waals surface area contributed by atoms with Gasteiger partial charge in [-0.2, -0.15) is 0 Å². The van der Waals surface area contributed by atoms with Crippen molar-refractivity contribution in [2.75, 3.05) is 13.1 Å². The Balaban J connectivity index is 1.19. The minimum atomic E-state index is -0.552. The van der Waals surface area contributed by atoms with Crippen molar-refractivity contribution >= 4 is 33.6 Å². The number of nitro groups is 1. The number of benzene rings is 3. The monoisotopic (exact) mass is 472 g/mol. The Kier molecular flexibility index (Phi) is 6.37. The molecule has 0 spiro atoms. The molecule has 0 aliphatic carbocycles. The average molecular weight is 473 g/mol. The zero-order valence-electron chi connectivity index (χ0n) is 19.6. The van der Waals surface area contributed by atoms with Crippen LogP contribution in [0.3, 0.4) is 0 Å². The molecule has 1 N–H and O–H groups in total. The Morgan fingerprint density at radius 3 is 2.69 bits per heavy atom. The Hall–Kier alpha value is -3.91. The molecule has 1 aliphatic heterocycles. The van der Waals surface area contributed by atoms with E-state index in [0.717, 1.165) is 32.6 Å². The second-order valence-electron chi connectivity index (χ2n) is 8.94. The first-order valence-electron chi connectivity index (χ1n) is 11.9. The Bertz CT molecular complexity index is 1400. The number of likely N-dealkylation sites (tertiary alicyclic amines) is 1. The van der Waals surface area contributed by atoms with Crippen molar-refractivity contribution in [3.63, 3.8) is 0 Å². The average Bonchev–Trinajstić information content (AvgIpc) is 3.44. The minimum Gasteiger partial charge on any atom is -0.444 e. The minimum absolute atomic E-state index is 0.0148. The summed E-state index contributed by atoms with van der Waals surface area (Å²) < 4.78 is 7.61. The van der Waals surface area contributed by atoms with E-state index in [-0.39, 0.29) is 18.3 Å². The summed E-state index contributed by atoms with van der Waals surface area (Å²) in [5.41, 5.74) is 4.08. The zero-order chi connectivity index (χ0) is 24.4. The summed E-state index contributed by atoms with van der Waals surface area (Å²) in [6.45, 7) is 5.38. The zero-order valence-corrected chi connectivity index (χ0v) is 19.6. The number of alkyl carbamates (subject to hydrolysis) is 1. The number of carbonyl (C=O) groups is 1. The van der Waals surface area contributed by atoms with Gasteiger partial charge in [-0.1, -0.05) is 36.4 Å². The molecule has 0 radical (unpaired) electrons. The van der Waals surface area contributed by atoms with Crippen molar-refractivity contribution in [3.8, 4) is 0 Å². The molecule has 1 saturated heterocycles. The van der Waals surface area contributed by atoms with Crippen LogP contribution in [0.4, 0.5) is 10.5 Å². The molecular formula is C27H28N4O4. The predicted octanol–water partition coefficient (Wildman–Crippen LogP) is 5.22. The first-order chi connectivity index (χ1) is 17.0. The second-order valence-corrected chi connectivity index (χ2v) is 8.94. The van der Waals surface area contributed by atoms with Crippen molar-refractivity contribution in [1.82, 2.24) is 14.8 Å². The molecule has 1 unspecified atom stereocenters. The number of carbonyl (C=O) groups excluding carboxylic acids is 1. The molecule has 5 rings (SSSR count). The SMILES string of the molecule is CCn1c2ccccc2c2cc(CN3CCC(NC(=O)OCc4ccccc4[N+](=O)[O-])C3)ccc21. The second kappa shape index (κ2) is 9.76. The Labute approximate surface area is 203 Å². The van der Waals surface area contributed by atoms with E-state index in [1.165, 1.54) is 33.4 Å². The summed E-state index contributed by atoms with van der Waals surface area (Å²) >= 11 is 0. The van der Waals surface area contributed by atoms with E-state index in [1.807, 2.05) is 0 Å². The third-order valence-corrected chi connectivity index (χ3v) is 6.70. The van der Waals surface area contributed by atoms with Crippen molar-refractivity contribution < 1.29 is 14.5 Å². The fourth-order valence-electron chi connectivity index (χ4n) is 5.05. The Morgan fingerprint density at radius 1 is 1.09 bits per heavy atom. The number of rotatable bonds is 7. The largest absolute Gasteiger partial charge is 0.444 e. The van der Waals surface area contributed by atoms with Crippen LogP contribution >= 0.6 is 0 Å². The molecule has 180 valence electrons. The van der Waals surface area contributed by atoms with Crippen LogP contribution in [0.5, 0.6) is 0 Å². The van der Waals surface area contributed by atoms with Gasteiger partial charge >= 0.3 is 6.09 Å². The number of aromatic nitrogens is 1. The highest BCUT2D eigenvalue weighted by Gasteiger charge is 2.25. The number of nitrogens with zero attached hydrogens (tertiary/aromatic N) is 3. The van der Waals surface area contributed by atoms with E-state index in [9.17, 15) is 14.9 Å². The summed E-state index contributed by atoms with van der Waals surface area (Å²) in [6.07, 6.45) is 0.279. The van der Waals surface area contributed by atoms with Gasteiger partial charge in [0.25, 0.3) is 5.69 Å². The van der Waals surface area contributed by atoms with Gasteiger partial charge < -0.3 is 14.6 Å². The van der Waals surface area contributed by atoms with Gasteiger partial charge in [0.15, 0.2) is 0 Å². The predicted molar refractivity (Wildman–Crippen MR) is 135 cm³/mol. The third-order valence-electron chi connectivity index (χ3n) is 6.70. The van der Waals surface area contributed by atoms with Gasteiger partial charge in [0.1, 0.15) is 6.61 Å². The Morgan fingerprint density at radius 2 is 1.86 bits per heavy atom. The molecule has 8 heteroatoms. The quantitative estimate of drug-likeness (QED) is 0.294. The lowest BCUT2D eigenvalue weighted by atomic mass is 10.1. The van der Waals surface area contributed by atoms with Gasteiger partial charge in [-0.25, -0.2) is 4.79 Å². The molecule has 1 fully saturated rings. The molecule has 4 aromatic rings. The normalized spacial score (nSPS) is 16.1. The van der Waals surface area contributed by atoms with Crippen molar-refractivity contribution in [1.29, 1.82) is 0 Å². The van der Waals surface area contributed by atoms with Crippen molar-refractivity contribution in [2.45, 2.75) is 39.1 Å². The number of hydrogen-bond acceptors (Lipinski definition) is 5. The summed E-state index contributed by atoms with van der Waals surface area (Å²) in [5, 5.41) is 16.6. The summed E-state index contributed by atoms with van der Waals surface area (Å²) in [6, 6.07) is 21.5. The smallest absolute Gasteiger partial charge is 0.407 e. The van der Waals surface area contributed by atoms with Crippen LogP contribution < -0.4 is 5.32 Å². The van der Waals surface area contributed by atoms with E-state index in [1.54, 1.807) is 18.2 Å². The summed E-state index contributed by atoms with van der Waals surface area (Å²) in [4.78, 5) is 25.3. The van der Waals surface area contributed by atoms with Crippen LogP contribution in [0.25, 0.3) is 21.8 Å². The fourth-order valence-corrected chi connectivity index (χ4v) is 5.05. The molecule has 8 nitrogen and oxygen atoms in total. The number of amides is 1. The number of para-hydroxylation sites is 2. The summed E-state index contributed by atoms with van der Waals surface area (Å²) in [7, 11) is 0. The first kappa shape index (κ1) is 22.9. The van der Waals surface area contributed by atoms with Gasteiger partial charge in [-0.05, 0) is 43.2 Å². The highest BCUT2D eigenvalue weighted by molar-refractivity contribution is 6.08. The molecule has 35 heavy (non-hydrogen) atoms. The van der Waals surface area contributed by atoms with E-state index in [0.29, 0.717) is 5.56 Å². The molecule has 1 atom stereocenters. The number of hydrogen-bond donors (Lipinski definition) is 1. The fraction of sp³-hybridized carbons (Fsp3) is 0.296. The highest BCUT2D eigenvalue weighted by Crippen LogP contribution is 2.30. The maximum atomic E-state index is 12.3. The number of nitrogens with one attached hydrogen (secondary N) is 1. The van der Waals surface area contributed by atoms with Gasteiger partial charge in [-0.3, -0.25) is 15.0 Å². The van der Waals surface area contributed by atoms with Crippen molar-refractivity contribution in [2.24, 2.45) is 0 Å². The lowest BCUT2D eigenvalue weighted by molar-refractivity contribution is -0.385. The van der Waals surface area contributed by atoms with Gasteiger partial charge in [0.2, 0.25) is 0 Å². The molecule has 1 aliphatic rings. The van der Waals surface area contributed by atoms with E-state index >= 15 is 0 Å². The highest BCUT2D eigenvalue weighted by atomic mass is 16.6. The number of fused-ring (bicyclic) bond motifs is 3. The molecular weight excluding hydrogens is 444 g/mol. The molecule has 1 amide bonds. The van der Waals surface area contributed by atoms with Crippen LogP contribution in [0.15, 0.2) is 66.7 Å². The summed E-state index contributed by atoms with van der Waals surface area (Å²) in [5.74, 6) is 0. The van der Waals surface area contributed by atoms with Gasteiger partial charge in [0.05, 0.1) is 10.5 Å². The van der Waals surface area contributed by atoms with E-state index < -0.39 is 11.0 Å². The molecule has 3 aromatic carbocycles. The molecule has 2 heterocycles. The standard InChI is InChI=1S/C27H28N4O4/c1-2-30-25-10-6-4-8-22(25)23-15-19(11-12-26(23)30)16-29-14-13-21(17-29)28-27(32)35-18-20-7-3-5-9-24(20)31(33)34/h3-12,15,21H,2,13-14,16-18H2,1H3,(H,28,32). The maximum absolute atomic E-state index is 12.3. The number of nitro benzene ring substituents is 1. The van der Waals surface area contributed by atoms with Gasteiger partial charge in [-0.15, -0.1) is 0 Å². The van der Waals surface area contributed by atoms with E-state index in [4.69, 9.17) is 4.74 Å². The lowest BCUT2D eigenvalue weighted by Crippen LogP contribution is -2.37. The van der Waals surface area contributed by atoms with Crippen LogP contribution in [0, 0.1) is 10.1 Å². The topological polar surface area (TPSA) is 89.6 Å². The van der Waals surface area contributed by atoms with E-state index in [2.05, 4.69) is 64.2 Å². The van der Waals surface area contributed by atoms with Crippen LogP contribution in [-0.4, -0.2) is 39.6 Å². The van der Waals surface area contributed by atoms with Gasteiger partial charge in [0, 0.05) is 60.1 Å². The number of aryl methyl sites for hydroxylation is 1. The molecule has 1 aromatic heterocycles. The van der Waals surface area contributed by atoms with Crippen LogP contribution in [0.2, 0.25) is 0 Å². The lowest BCUT2D eigenvalue weighted by Gasteiger charge is -2.17. The molecule has 0 saturated carbocycles. The van der Waals surface area contributed by atoms with Crippen LogP contribution in [-0.2, 0) is 24.4 Å². The maximum Gasteiger partial charge on any atom is 0.407 e. The van der Waals surface area contributed by atoms with Crippen LogP contribution in [0.1, 0.15) is 24.5 Å². The first-order valence-corrected chi connectivity index (χ1v) is 11.9. The molecule has 0 bridgehead atoms. The van der Waals surface area contributed by atoms with Crippen molar-refractivity contribution in [3.05, 3.63) is 88.0 Å². The third kappa shape index (κ3) is 4.70. The number of ether oxygens (including phenoxy) is 1.